The molecule has 2 fully saturated rings. The van der Waals surface area contributed by atoms with E-state index in [0.717, 1.165) is 18.4 Å². The maximum Gasteiger partial charge on any atom is 0.407 e. The molecule has 0 radical (unpaired) electrons. The van der Waals surface area contributed by atoms with Crippen molar-refractivity contribution in [3.63, 3.8) is 0 Å². The molecule has 1 aromatic carbocycles. The fourth-order valence-corrected chi connectivity index (χ4v) is 4.30. The molecule has 138 valence electrons. The molecule has 2 heterocycles. The minimum atomic E-state index is -0.831. The number of nitriles is 1. The van der Waals surface area contributed by atoms with Gasteiger partial charge in [0.05, 0.1) is 28.5 Å². The predicted octanol–water partition coefficient (Wildman–Crippen LogP) is 3.47. The number of nitrogens with one attached hydrogen (secondary N) is 1. The first-order valence-electron chi connectivity index (χ1n) is 8.81. The molecule has 2 aliphatic rings. The second-order valence-electron chi connectivity index (χ2n) is 7.10. The van der Waals surface area contributed by atoms with Crippen LogP contribution in [0.2, 0.25) is 5.02 Å². The molecule has 0 bridgehead atoms. The van der Waals surface area contributed by atoms with Crippen molar-refractivity contribution in [2.75, 3.05) is 18.4 Å². The zero-order chi connectivity index (χ0) is 19.0. The largest absolute Gasteiger partial charge is 0.465 e. The zero-order valence-electron chi connectivity index (χ0n) is 14.5. The van der Waals surface area contributed by atoms with Gasteiger partial charge < -0.3 is 15.3 Å². The highest BCUT2D eigenvalue weighted by atomic mass is 35.5. The van der Waals surface area contributed by atoms with Crippen molar-refractivity contribution in [2.24, 2.45) is 11.8 Å². The molecule has 1 aromatic heterocycles. The van der Waals surface area contributed by atoms with Crippen LogP contribution in [-0.4, -0.2) is 45.2 Å². The van der Waals surface area contributed by atoms with E-state index >= 15 is 0 Å². The molecule has 0 unspecified atom stereocenters. The number of fused-ring (bicyclic) bond motifs is 1. The molecule has 1 aliphatic carbocycles. The van der Waals surface area contributed by atoms with E-state index in [1.165, 1.54) is 4.90 Å². The second-order valence-corrected chi connectivity index (χ2v) is 7.51. The number of aromatic nitrogens is 2. The molecule has 1 saturated carbocycles. The van der Waals surface area contributed by atoms with E-state index in [-0.39, 0.29) is 6.04 Å². The third-order valence-corrected chi connectivity index (χ3v) is 5.66. The van der Waals surface area contributed by atoms with Gasteiger partial charge in [-0.05, 0) is 36.8 Å². The van der Waals surface area contributed by atoms with Crippen LogP contribution in [0.4, 0.5) is 10.7 Å². The summed E-state index contributed by atoms with van der Waals surface area (Å²) in [4.78, 5) is 21.5. The monoisotopic (exact) mass is 383 g/mol. The van der Waals surface area contributed by atoms with E-state index in [2.05, 4.69) is 21.4 Å². The number of halogens is 1. The van der Waals surface area contributed by atoms with E-state index in [4.69, 9.17) is 22.0 Å². The molecular formula is C19H18ClN5O2. The number of hydrogen-bond donors (Lipinski definition) is 2. The number of benzene rings is 1. The van der Waals surface area contributed by atoms with Crippen LogP contribution < -0.4 is 5.32 Å². The molecule has 8 heteroatoms. The van der Waals surface area contributed by atoms with Crippen molar-refractivity contribution < 1.29 is 9.90 Å². The van der Waals surface area contributed by atoms with Crippen LogP contribution in [-0.2, 0) is 0 Å². The van der Waals surface area contributed by atoms with Gasteiger partial charge in [0.15, 0.2) is 0 Å². The van der Waals surface area contributed by atoms with Crippen LogP contribution in [0.3, 0.4) is 0 Å². The fourth-order valence-electron chi connectivity index (χ4n) is 4.10. The lowest BCUT2D eigenvalue weighted by Gasteiger charge is -2.17. The Kier molecular flexibility index (Phi) is 4.58. The van der Waals surface area contributed by atoms with Crippen molar-refractivity contribution >= 4 is 23.6 Å². The molecule has 1 aliphatic heterocycles. The number of carboxylic acid groups (broad SMARTS) is 1. The van der Waals surface area contributed by atoms with Gasteiger partial charge in [0, 0.05) is 24.7 Å². The van der Waals surface area contributed by atoms with Crippen molar-refractivity contribution in [3.8, 4) is 17.3 Å². The van der Waals surface area contributed by atoms with Crippen molar-refractivity contribution in [3.05, 3.63) is 41.0 Å². The van der Waals surface area contributed by atoms with Crippen LogP contribution in [0.25, 0.3) is 11.3 Å². The summed E-state index contributed by atoms with van der Waals surface area (Å²) in [6, 6.07) is 9.41. The molecule has 1 saturated heterocycles. The van der Waals surface area contributed by atoms with E-state index in [0.29, 0.717) is 47.2 Å². The maximum absolute atomic E-state index is 11.1. The highest BCUT2D eigenvalue weighted by molar-refractivity contribution is 6.32. The van der Waals surface area contributed by atoms with Crippen molar-refractivity contribution in [1.29, 1.82) is 5.26 Å². The van der Waals surface area contributed by atoms with Crippen molar-refractivity contribution in [2.45, 2.75) is 18.9 Å². The number of amides is 1. The average Bonchev–Trinajstić information content (AvgIpc) is 3.22. The predicted molar refractivity (Wildman–Crippen MR) is 100 cm³/mol. The van der Waals surface area contributed by atoms with Gasteiger partial charge in [-0.2, -0.15) is 5.26 Å². The second kappa shape index (κ2) is 7.05. The summed E-state index contributed by atoms with van der Waals surface area (Å²) in [6.07, 6.45) is 2.56. The summed E-state index contributed by atoms with van der Waals surface area (Å²) < 4.78 is 0. The minimum absolute atomic E-state index is 0.228. The Morgan fingerprint density at radius 2 is 1.93 bits per heavy atom. The number of hydrogen-bond acceptors (Lipinski definition) is 5. The van der Waals surface area contributed by atoms with Gasteiger partial charge >= 0.3 is 6.09 Å². The van der Waals surface area contributed by atoms with Gasteiger partial charge in [0.1, 0.15) is 0 Å². The topological polar surface area (TPSA) is 102 Å². The van der Waals surface area contributed by atoms with Gasteiger partial charge in [-0.1, -0.05) is 23.7 Å². The first-order chi connectivity index (χ1) is 13.0. The number of likely N-dealkylation sites (tertiary alicyclic amines) is 1. The fraction of sp³-hybridized carbons (Fsp3) is 0.368. The zero-order valence-corrected chi connectivity index (χ0v) is 15.2. The van der Waals surface area contributed by atoms with Crippen molar-refractivity contribution in [1.82, 2.24) is 14.9 Å². The van der Waals surface area contributed by atoms with E-state index in [1.807, 2.05) is 12.1 Å². The Labute approximate surface area is 161 Å². The Morgan fingerprint density at radius 3 is 2.52 bits per heavy atom. The molecule has 4 rings (SSSR count). The average molecular weight is 384 g/mol. The first-order valence-corrected chi connectivity index (χ1v) is 9.18. The Morgan fingerprint density at radius 1 is 1.26 bits per heavy atom. The molecule has 2 aromatic rings. The molecular weight excluding hydrogens is 366 g/mol. The minimum Gasteiger partial charge on any atom is -0.465 e. The van der Waals surface area contributed by atoms with Crippen LogP contribution in [0.15, 0.2) is 30.5 Å². The number of nitrogens with zero attached hydrogens (tertiary/aromatic N) is 4. The summed E-state index contributed by atoms with van der Waals surface area (Å²) in [5, 5.41) is 21.9. The van der Waals surface area contributed by atoms with Gasteiger partial charge in [0.25, 0.3) is 0 Å². The lowest BCUT2D eigenvalue weighted by molar-refractivity contribution is 0.152. The first kappa shape index (κ1) is 17.6. The third kappa shape index (κ3) is 3.53. The standard InChI is InChI=1S/C19H18ClN5O2/c20-16-8-22-18(24-17(16)12-3-1-11(7-21)2-4-12)23-15-5-13-9-25(19(26)27)10-14(13)6-15/h1-4,8,13-15H,5-6,9-10H2,(H,26,27)(H,22,23,24)/t13-,14+,15-. The SMILES string of the molecule is N#Cc1ccc(-c2nc(N[C@@H]3C[C@@H]4CN(C(=O)O)C[C@@H]4C3)ncc2Cl)cc1. The van der Waals surface area contributed by atoms with Crippen LogP contribution in [0.1, 0.15) is 18.4 Å². The summed E-state index contributed by atoms with van der Waals surface area (Å²) in [7, 11) is 0. The highest BCUT2D eigenvalue weighted by Gasteiger charge is 2.42. The normalized spacial score (nSPS) is 23.7. The number of anilines is 1. The Bertz CT molecular complexity index is 897. The molecule has 0 spiro atoms. The number of rotatable bonds is 3. The van der Waals surface area contributed by atoms with Crippen LogP contribution >= 0.6 is 11.6 Å². The molecule has 1 amide bonds. The molecule has 3 atom stereocenters. The summed E-state index contributed by atoms with van der Waals surface area (Å²) in [6.45, 7) is 1.21. The summed E-state index contributed by atoms with van der Waals surface area (Å²) in [5.74, 6) is 1.30. The van der Waals surface area contributed by atoms with Gasteiger partial charge in [-0.25, -0.2) is 14.8 Å². The van der Waals surface area contributed by atoms with Gasteiger partial charge in [-0.15, -0.1) is 0 Å². The van der Waals surface area contributed by atoms with Gasteiger partial charge in [-0.3, -0.25) is 0 Å². The summed E-state index contributed by atoms with van der Waals surface area (Å²) in [5.41, 5.74) is 2.02. The van der Waals surface area contributed by atoms with E-state index < -0.39 is 6.09 Å². The smallest absolute Gasteiger partial charge is 0.407 e. The third-order valence-electron chi connectivity index (χ3n) is 5.39. The lowest BCUT2D eigenvalue weighted by Crippen LogP contribution is -2.29. The molecule has 2 N–H and O–H groups in total. The summed E-state index contributed by atoms with van der Waals surface area (Å²) >= 11 is 6.27. The Balaban J connectivity index is 1.46. The van der Waals surface area contributed by atoms with Gasteiger partial charge in [0.2, 0.25) is 5.95 Å². The van der Waals surface area contributed by atoms with E-state index in [1.54, 1.807) is 18.3 Å². The van der Waals surface area contributed by atoms with Crippen LogP contribution in [0.5, 0.6) is 0 Å². The quantitative estimate of drug-likeness (QED) is 0.841. The molecule has 7 nitrogen and oxygen atoms in total. The highest BCUT2D eigenvalue weighted by Crippen LogP contribution is 2.39. The van der Waals surface area contributed by atoms with E-state index in [9.17, 15) is 4.79 Å². The number of carbonyl (C=O) groups is 1. The lowest BCUT2D eigenvalue weighted by atomic mass is 10.0. The Hall–Kier alpha value is -2.85. The molecule has 27 heavy (non-hydrogen) atoms. The van der Waals surface area contributed by atoms with Crippen LogP contribution in [0, 0.1) is 23.2 Å². The maximum atomic E-state index is 11.1.